The minimum atomic E-state index is -0.847. The molecule has 102 valence electrons. The van der Waals surface area contributed by atoms with Gasteiger partial charge in [-0.1, -0.05) is 6.07 Å². The zero-order chi connectivity index (χ0) is 13.8. The summed E-state index contributed by atoms with van der Waals surface area (Å²) in [4.78, 5) is 22.9. The van der Waals surface area contributed by atoms with Crippen LogP contribution in [-0.4, -0.2) is 23.9 Å². The molecule has 0 bridgehead atoms. The molecule has 1 unspecified atom stereocenters. The number of anilines is 1. The lowest BCUT2D eigenvalue weighted by Crippen LogP contribution is -2.40. The summed E-state index contributed by atoms with van der Waals surface area (Å²) in [7, 11) is 0. The van der Waals surface area contributed by atoms with Gasteiger partial charge in [-0.3, -0.25) is 9.59 Å². The number of amides is 2. The van der Waals surface area contributed by atoms with Crippen LogP contribution in [0.25, 0.3) is 0 Å². The van der Waals surface area contributed by atoms with Crippen LogP contribution in [0.2, 0.25) is 0 Å². The molecule has 1 atom stereocenters. The van der Waals surface area contributed by atoms with Gasteiger partial charge in [-0.15, -0.1) is 0 Å². The second-order valence-electron chi connectivity index (χ2n) is 4.66. The van der Waals surface area contributed by atoms with Gasteiger partial charge < -0.3 is 16.4 Å². The van der Waals surface area contributed by atoms with Gasteiger partial charge >= 0.3 is 0 Å². The van der Waals surface area contributed by atoms with E-state index < -0.39 is 17.8 Å². The van der Waals surface area contributed by atoms with Crippen LogP contribution in [0.5, 0.6) is 0 Å². The Kier molecular flexibility index (Phi) is 3.99. The van der Waals surface area contributed by atoms with Gasteiger partial charge in [-0.05, 0) is 31.0 Å². The Morgan fingerprint density at radius 1 is 1.42 bits per heavy atom. The molecule has 2 rings (SSSR count). The van der Waals surface area contributed by atoms with Crippen molar-refractivity contribution in [2.45, 2.75) is 31.3 Å². The van der Waals surface area contributed by atoms with Gasteiger partial charge in [0.15, 0.2) is 0 Å². The summed E-state index contributed by atoms with van der Waals surface area (Å²) in [5.41, 5.74) is 5.66. The normalized spacial score (nSPS) is 15.6. The lowest BCUT2D eigenvalue weighted by atomic mass is 10.1. The minimum absolute atomic E-state index is 0.0532. The molecule has 4 N–H and O–H groups in total. The van der Waals surface area contributed by atoms with Crippen molar-refractivity contribution in [1.82, 2.24) is 5.32 Å². The zero-order valence-electron chi connectivity index (χ0n) is 10.4. The van der Waals surface area contributed by atoms with Crippen LogP contribution in [0.4, 0.5) is 10.1 Å². The predicted octanol–water partition coefficient (Wildman–Crippen LogP) is 0.760. The van der Waals surface area contributed by atoms with E-state index in [4.69, 9.17) is 5.73 Å². The third-order valence-electron chi connectivity index (χ3n) is 2.84. The van der Waals surface area contributed by atoms with Crippen molar-refractivity contribution in [1.29, 1.82) is 0 Å². The van der Waals surface area contributed by atoms with Crippen molar-refractivity contribution in [3.05, 3.63) is 30.1 Å². The van der Waals surface area contributed by atoms with Gasteiger partial charge in [-0.2, -0.15) is 0 Å². The van der Waals surface area contributed by atoms with Gasteiger partial charge in [0, 0.05) is 11.7 Å². The summed E-state index contributed by atoms with van der Waals surface area (Å²) < 4.78 is 13.0. The van der Waals surface area contributed by atoms with E-state index in [9.17, 15) is 14.0 Å². The fourth-order valence-corrected chi connectivity index (χ4v) is 1.70. The van der Waals surface area contributed by atoms with E-state index in [1.54, 1.807) is 6.07 Å². The van der Waals surface area contributed by atoms with Crippen molar-refractivity contribution in [2.75, 3.05) is 5.32 Å². The Balaban J connectivity index is 1.95. The number of halogens is 1. The molecule has 1 aliphatic rings. The van der Waals surface area contributed by atoms with Crippen LogP contribution in [-0.2, 0) is 9.59 Å². The summed E-state index contributed by atoms with van der Waals surface area (Å²) in [5.74, 6) is -1.29. The number of hydrogen-bond donors (Lipinski definition) is 3. The molecule has 1 aliphatic carbocycles. The van der Waals surface area contributed by atoms with Crippen molar-refractivity contribution in [3.8, 4) is 0 Å². The largest absolute Gasteiger partial charge is 0.373 e. The average Bonchev–Trinajstić information content (AvgIpc) is 3.12. The van der Waals surface area contributed by atoms with Gasteiger partial charge in [0.25, 0.3) is 0 Å². The molecule has 2 amide bonds. The van der Waals surface area contributed by atoms with E-state index in [-0.39, 0.29) is 18.4 Å². The van der Waals surface area contributed by atoms with E-state index in [1.807, 2.05) is 0 Å². The Morgan fingerprint density at radius 3 is 2.74 bits per heavy atom. The minimum Gasteiger partial charge on any atom is -0.373 e. The zero-order valence-corrected chi connectivity index (χ0v) is 10.4. The highest BCUT2D eigenvalue weighted by Crippen LogP contribution is 2.19. The van der Waals surface area contributed by atoms with Crippen molar-refractivity contribution < 1.29 is 14.0 Å². The predicted molar refractivity (Wildman–Crippen MR) is 68.8 cm³/mol. The molecule has 0 heterocycles. The summed E-state index contributed by atoms with van der Waals surface area (Å²) in [6.07, 6.45) is 1.90. The first-order valence-electron chi connectivity index (χ1n) is 6.15. The number of primary amides is 1. The molecule has 19 heavy (non-hydrogen) atoms. The quantitative estimate of drug-likeness (QED) is 0.710. The highest BCUT2D eigenvalue weighted by Gasteiger charge is 2.26. The SMILES string of the molecule is NC(=O)C(CC(=O)NC1CC1)Nc1cccc(F)c1. The van der Waals surface area contributed by atoms with Crippen molar-refractivity contribution in [2.24, 2.45) is 5.73 Å². The first-order valence-corrected chi connectivity index (χ1v) is 6.15. The number of nitrogens with two attached hydrogens (primary N) is 1. The lowest BCUT2D eigenvalue weighted by molar-refractivity contribution is -0.125. The molecule has 1 saturated carbocycles. The first kappa shape index (κ1) is 13.3. The Labute approximate surface area is 110 Å². The van der Waals surface area contributed by atoms with Crippen LogP contribution >= 0.6 is 0 Å². The molecule has 0 spiro atoms. The number of benzene rings is 1. The Hall–Kier alpha value is -2.11. The van der Waals surface area contributed by atoms with Gasteiger partial charge in [-0.25, -0.2) is 4.39 Å². The topological polar surface area (TPSA) is 84.2 Å². The highest BCUT2D eigenvalue weighted by atomic mass is 19.1. The number of carbonyl (C=O) groups excluding carboxylic acids is 2. The first-order chi connectivity index (χ1) is 9.04. The van der Waals surface area contributed by atoms with Crippen LogP contribution < -0.4 is 16.4 Å². The second kappa shape index (κ2) is 5.69. The molecule has 1 fully saturated rings. The number of carbonyl (C=O) groups is 2. The summed E-state index contributed by atoms with van der Waals surface area (Å²) >= 11 is 0. The Bertz CT molecular complexity index is 489. The molecule has 6 heteroatoms. The molecule has 1 aromatic rings. The standard InChI is InChI=1S/C13H16FN3O2/c14-8-2-1-3-10(6-8)16-11(13(15)19)7-12(18)17-9-4-5-9/h1-3,6,9,11,16H,4-5,7H2,(H2,15,19)(H,17,18). The Morgan fingerprint density at radius 2 is 2.16 bits per heavy atom. The molecule has 1 aromatic carbocycles. The van der Waals surface area contributed by atoms with Crippen LogP contribution in [0.15, 0.2) is 24.3 Å². The van der Waals surface area contributed by atoms with Crippen LogP contribution in [0, 0.1) is 5.82 Å². The fraction of sp³-hybridized carbons (Fsp3) is 0.385. The van der Waals surface area contributed by atoms with Gasteiger partial charge in [0.05, 0.1) is 6.42 Å². The molecule has 0 aromatic heterocycles. The van der Waals surface area contributed by atoms with E-state index in [0.717, 1.165) is 12.8 Å². The lowest BCUT2D eigenvalue weighted by Gasteiger charge is -2.16. The monoisotopic (exact) mass is 265 g/mol. The molecule has 0 aliphatic heterocycles. The summed E-state index contributed by atoms with van der Waals surface area (Å²) in [6.45, 7) is 0. The van der Waals surface area contributed by atoms with Gasteiger partial charge in [0.2, 0.25) is 11.8 Å². The molecule has 0 saturated heterocycles. The van der Waals surface area contributed by atoms with Crippen molar-refractivity contribution in [3.63, 3.8) is 0 Å². The second-order valence-corrected chi connectivity index (χ2v) is 4.66. The van der Waals surface area contributed by atoms with E-state index in [0.29, 0.717) is 5.69 Å². The highest BCUT2D eigenvalue weighted by molar-refractivity contribution is 5.89. The third-order valence-corrected chi connectivity index (χ3v) is 2.84. The summed E-state index contributed by atoms with van der Waals surface area (Å²) in [6, 6.07) is 5.05. The van der Waals surface area contributed by atoms with Crippen LogP contribution in [0.1, 0.15) is 19.3 Å². The number of nitrogens with one attached hydrogen (secondary N) is 2. The molecule has 5 nitrogen and oxygen atoms in total. The maximum Gasteiger partial charge on any atom is 0.240 e. The van der Waals surface area contributed by atoms with E-state index >= 15 is 0 Å². The fourth-order valence-electron chi connectivity index (χ4n) is 1.70. The third kappa shape index (κ3) is 4.24. The average molecular weight is 265 g/mol. The molecular formula is C13H16FN3O2. The maximum atomic E-state index is 13.0. The van der Waals surface area contributed by atoms with E-state index in [1.165, 1.54) is 18.2 Å². The number of rotatable bonds is 6. The van der Waals surface area contributed by atoms with Crippen LogP contribution in [0.3, 0.4) is 0 Å². The summed E-state index contributed by atoms with van der Waals surface area (Å²) in [5, 5.41) is 5.54. The van der Waals surface area contributed by atoms with Crippen molar-refractivity contribution >= 4 is 17.5 Å². The maximum absolute atomic E-state index is 13.0. The van der Waals surface area contributed by atoms with E-state index in [2.05, 4.69) is 10.6 Å². The smallest absolute Gasteiger partial charge is 0.240 e. The number of hydrogen-bond acceptors (Lipinski definition) is 3. The van der Waals surface area contributed by atoms with Gasteiger partial charge in [0.1, 0.15) is 11.9 Å². The molecular weight excluding hydrogens is 249 g/mol. The molecule has 0 radical (unpaired) electrons.